The van der Waals surface area contributed by atoms with Gasteiger partial charge in [0.05, 0.1) is 0 Å². The molecule has 1 aromatic rings. The van der Waals surface area contributed by atoms with E-state index in [2.05, 4.69) is 56.9 Å². The lowest BCUT2D eigenvalue weighted by Crippen LogP contribution is -2.32. The van der Waals surface area contributed by atoms with Crippen molar-refractivity contribution in [3.63, 3.8) is 0 Å². The summed E-state index contributed by atoms with van der Waals surface area (Å²) in [5.41, 5.74) is 2.58. The van der Waals surface area contributed by atoms with E-state index >= 15 is 0 Å². The number of nitrogens with one attached hydrogen (secondary N) is 1. The third-order valence-corrected chi connectivity index (χ3v) is 3.24. The quantitative estimate of drug-likeness (QED) is 0.738. The lowest BCUT2D eigenvalue weighted by Gasteiger charge is -2.35. The third kappa shape index (κ3) is 2.48. The molecule has 0 radical (unpaired) electrons. The highest BCUT2D eigenvalue weighted by molar-refractivity contribution is 5.24. The zero-order chi connectivity index (χ0) is 11.5. The van der Waals surface area contributed by atoms with Crippen molar-refractivity contribution in [1.82, 2.24) is 5.32 Å². The second-order valence-electron chi connectivity index (χ2n) is 4.63. The van der Waals surface area contributed by atoms with Crippen LogP contribution in [0.4, 0.5) is 0 Å². The smallest absolute Gasteiger partial charge is 0.0406 e. The summed E-state index contributed by atoms with van der Waals surface area (Å²) in [6.07, 6.45) is 0. The molecule has 15 heavy (non-hydrogen) atoms. The van der Waals surface area contributed by atoms with Gasteiger partial charge in [-0.3, -0.25) is 0 Å². The number of hydrogen-bond donors (Lipinski definition) is 1. The van der Waals surface area contributed by atoms with Gasteiger partial charge in [0, 0.05) is 11.5 Å². The van der Waals surface area contributed by atoms with Crippen LogP contribution in [-0.4, -0.2) is 7.05 Å². The third-order valence-electron chi connectivity index (χ3n) is 3.24. The molecular weight excluding hydrogens is 182 g/mol. The van der Waals surface area contributed by atoms with Gasteiger partial charge in [0.15, 0.2) is 0 Å². The molecule has 0 saturated heterocycles. The van der Waals surface area contributed by atoms with E-state index in [-0.39, 0.29) is 5.41 Å². The molecule has 0 spiro atoms. The topological polar surface area (TPSA) is 12.0 Å². The second kappa shape index (κ2) is 4.63. The van der Waals surface area contributed by atoms with Crippen molar-refractivity contribution in [2.24, 2.45) is 5.41 Å². The molecule has 1 N–H and O–H groups in total. The summed E-state index contributed by atoms with van der Waals surface area (Å²) in [4.78, 5) is 0. The maximum absolute atomic E-state index is 4.08. The number of hydrogen-bond acceptors (Lipinski definition) is 1. The van der Waals surface area contributed by atoms with E-state index in [1.54, 1.807) is 0 Å². The molecule has 1 heteroatoms. The minimum Gasteiger partial charge on any atom is -0.312 e. The molecule has 0 amide bonds. The molecule has 0 bridgehead atoms. The molecule has 1 aromatic carbocycles. The molecule has 82 valence electrons. The van der Waals surface area contributed by atoms with Crippen LogP contribution in [0.25, 0.3) is 0 Å². The first-order chi connectivity index (χ1) is 7.00. The highest BCUT2D eigenvalue weighted by Gasteiger charge is 2.29. The molecule has 0 aliphatic heterocycles. The standard InChI is InChI=1S/C14H21N/c1-11(2)14(3,4)13(15-5)12-9-7-6-8-10-12/h6-10,13,15H,1H2,2-5H3. The highest BCUT2D eigenvalue weighted by Crippen LogP contribution is 2.38. The van der Waals surface area contributed by atoms with Crippen molar-refractivity contribution in [2.75, 3.05) is 7.05 Å². The van der Waals surface area contributed by atoms with Crippen molar-refractivity contribution < 1.29 is 0 Å². The fourth-order valence-corrected chi connectivity index (χ4v) is 1.84. The van der Waals surface area contributed by atoms with Gasteiger partial charge in [0.1, 0.15) is 0 Å². The number of rotatable bonds is 4. The van der Waals surface area contributed by atoms with E-state index in [9.17, 15) is 0 Å². The van der Waals surface area contributed by atoms with Crippen LogP contribution < -0.4 is 5.32 Å². The monoisotopic (exact) mass is 203 g/mol. The van der Waals surface area contributed by atoms with Gasteiger partial charge in [-0.25, -0.2) is 0 Å². The van der Waals surface area contributed by atoms with Crippen LogP contribution >= 0.6 is 0 Å². The summed E-state index contributed by atoms with van der Waals surface area (Å²) >= 11 is 0. The zero-order valence-electron chi connectivity index (χ0n) is 10.2. The molecule has 1 atom stereocenters. The SMILES string of the molecule is C=C(C)C(C)(C)C(NC)c1ccccc1. The normalized spacial score (nSPS) is 13.6. The Morgan fingerprint density at radius 1 is 1.27 bits per heavy atom. The van der Waals surface area contributed by atoms with Gasteiger partial charge < -0.3 is 5.32 Å². The lowest BCUT2D eigenvalue weighted by atomic mass is 9.76. The molecule has 0 aromatic heterocycles. The molecular formula is C14H21N. The molecule has 0 saturated carbocycles. The molecule has 0 fully saturated rings. The van der Waals surface area contributed by atoms with Gasteiger partial charge in [0.2, 0.25) is 0 Å². The molecule has 0 heterocycles. The Labute approximate surface area is 93.2 Å². The summed E-state index contributed by atoms with van der Waals surface area (Å²) in [7, 11) is 2.00. The van der Waals surface area contributed by atoms with E-state index < -0.39 is 0 Å². The van der Waals surface area contributed by atoms with Gasteiger partial charge in [-0.15, -0.1) is 0 Å². The first-order valence-electron chi connectivity index (χ1n) is 5.38. The molecule has 1 nitrogen and oxygen atoms in total. The predicted octanol–water partition coefficient (Wildman–Crippen LogP) is 3.55. The maximum atomic E-state index is 4.08. The van der Waals surface area contributed by atoms with E-state index in [1.807, 2.05) is 13.1 Å². The Bertz CT molecular complexity index is 324. The average molecular weight is 203 g/mol. The maximum Gasteiger partial charge on any atom is 0.0406 e. The van der Waals surface area contributed by atoms with Crippen molar-refractivity contribution in [3.8, 4) is 0 Å². The van der Waals surface area contributed by atoms with Gasteiger partial charge in [-0.1, -0.05) is 56.3 Å². The van der Waals surface area contributed by atoms with Crippen LogP contribution in [0.3, 0.4) is 0 Å². The van der Waals surface area contributed by atoms with Gasteiger partial charge in [-0.05, 0) is 19.5 Å². The first-order valence-corrected chi connectivity index (χ1v) is 5.38. The summed E-state index contributed by atoms with van der Waals surface area (Å²) in [6.45, 7) is 10.6. The largest absolute Gasteiger partial charge is 0.312 e. The average Bonchev–Trinajstić information content (AvgIpc) is 2.19. The van der Waals surface area contributed by atoms with Crippen LogP contribution in [0.2, 0.25) is 0 Å². The van der Waals surface area contributed by atoms with Crippen molar-refractivity contribution in [2.45, 2.75) is 26.8 Å². The highest BCUT2D eigenvalue weighted by atomic mass is 14.9. The van der Waals surface area contributed by atoms with Crippen molar-refractivity contribution >= 4 is 0 Å². The summed E-state index contributed by atoms with van der Waals surface area (Å²) in [5.74, 6) is 0. The summed E-state index contributed by atoms with van der Waals surface area (Å²) in [5, 5.41) is 3.38. The van der Waals surface area contributed by atoms with Gasteiger partial charge in [0.25, 0.3) is 0 Å². The lowest BCUT2D eigenvalue weighted by molar-refractivity contribution is 0.312. The Balaban J connectivity index is 3.05. The van der Waals surface area contributed by atoms with E-state index in [0.29, 0.717) is 6.04 Å². The van der Waals surface area contributed by atoms with Crippen LogP contribution in [0, 0.1) is 5.41 Å². The van der Waals surface area contributed by atoms with Crippen LogP contribution in [0.15, 0.2) is 42.5 Å². The number of benzene rings is 1. The van der Waals surface area contributed by atoms with E-state index in [0.717, 1.165) is 0 Å². The van der Waals surface area contributed by atoms with Crippen LogP contribution in [0.1, 0.15) is 32.4 Å². The Morgan fingerprint density at radius 2 is 1.80 bits per heavy atom. The minimum atomic E-state index is 0.0656. The van der Waals surface area contributed by atoms with Crippen molar-refractivity contribution in [1.29, 1.82) is 0 Å². The molecule has 0 aliphatic rings. The van der Waals surface area contributed by atoms with Crippen molar-refractivity contribution in [3.05, 3.63) is 48.0 Å². The fraction of sp³-hybridized carbons (Fsp3) is 0.429. The zero-order valence-corrected chi connectivity index (χ0v) is 10.2. The van der Waals surface area contributed by atoms with Crippen LogP contribution in [0.5, 0.6) is 0 Å². The Kier molecular flexibility index (Phi) is 3.70. The predicted molar refractivity (Wildman–Crippen MR) is 66.8 cm³/mol. The second-order valence-corrected chi connectivity index (χ2v) is 4.63. The van der Waals surface area contributed by atoms with Crippen LogP contribution in [-0.2, 0) is 0 Å². The first kappa shape index (κ1) is 12.0. The van der Waals surface area contributed by atoms with E-state index in [4.69, 9.17) is 0 Å². The Hall–Kier alpha value is -1.08. The fourth-order valence-electron chi connectivity index (χ4n) is 1.84. The molecule has 1 rings (SSSR count). The molecule has 1 unspecified atom stereocenters. The van der Waals surface area contributed by atoms with E-state index in [1.165, 1.54) is 11.1 Å². The summed E-state index contributed by atoms with van der Waals surface area (Å²) in [6, 6.07) is 10.8. The summed E-state index contributed by atoms with van der Waals surface area (Å²) < 4.78 is 0. The van der Waals surface area contributed by atoms with Gasteiger partial charge in [-0.2, -0.15) is 0 Å². The minimum absolute atomic E-state index is 0.0656. The Morgan fingerprint density at radius 3 is 2.20 bits per heavy atom. The molecule has 0 aliphatic carbocycles. The van der Waals surface area contributed by atoms with Gasteiger partial charge >= 0.3 is 0 Å².